The number of benzene rings is 3. The van der Waals surface area contributed by atoms with Crippen molar-refractivity contribution in [2.45, 2.75) is 25.9 Å². The van der Waals surface area contributed by atoms with Crippen molar-refractivity contribution in [3.63, 3.8) is 0 Å². The third kappa shape index (κ3) is 5.89. The summed E-state index contributed by atoms with van der Waals surface area (Å²) in [6.45, 7) is 4.28. The number of hydrogen-bond acceptors (Lipinski definition) is 6. The van der Waals surface area contributed by atoms with Gasteiger partial charge in [-0.3, -0.25) is 9.69 Å². The van der Waals surface area contributed by atoms with Crippen molar-refractivity contribution >= 4 is 11.9 Å². The summed E-state index contributed by atoms with van der Waals surface area (Å²) in [5.74, 6) is 2.99. The number of carbonyl (C=O) groups is 1. The molecule has 0 spiro atoms. The molecule has 1 saturated heterocycles. The quantitative estimate of drug-likeness (QED) is 0.360. The highest BCUT2D eigenvalue weighted by Crippen LogP contribution is 2.35. The zero-order valence-electron chi connectivity index (χ0n) is 20.6. The van der Waals surface area contributed by atoms with Crippen LogP contribution in [0.25, 0.3) is 6.08 Å². The number of rotatable bonds is 9. The highest BCUT2D eigenvalue weighted by molar-refractivity contribution is 6.14. The zero-order valence-corrected chi connectivity index (χ0v) is 20.6. The largest absolute Gasteiger partial charge is 0.497 e. The smallest absolute Gasteiger partial charge is 0.231 e. The first-order valence-corrected chi connectivity index (χ1v) is 12.5. The molecule has 2 aliphatic heterocycles. The van der Waals surface area contributed by atoms with Crippen molar-refractivity contribution in [1.29, 1.82) is 0 Å². The summed E-state index contributed by atoms with van der Waals surface area (Å²) in [5, 5.41) is 0. The van der Waals surface area contributed by atoms with Gasteiger partial charge in [-0.15, -0.1) is 0 Å². The molecule has 0 N–H and O–H groups in total. The van der Waals surface area contributed by atoms with Crippen LogP contribution in [-0.2, 0) is 6.61 Å². The molecule has 0 radical (unpaired) electrons. The molecule has 6 nitrogen and oxygen atoms in total. The fourth-order valence-electron chi connectivity index (χ4n) is 4.47. The van der Waals surface area contributed by atoms with Gasteiger partial charge in [0.25, 0.3) is 0 Å². The van der Waals surface area contributed by atoms with E-state index < -0.39 is 0 Å². The number of Topliss-reactive ketones (excluding diaryl/α,β-unsaturated/α-hetero) is 1. The van der Waals surface area contributed by atoms with E-state index in [2.05, 4.69) is 4.90 Å². The number of piperidine rings is 1. The molecular weight excluding hydrogens is 454 g/mol. The Labute approximate surface area is 212 Å². The van der Waals surface area contributed by atoms with Crippen molar-refractivity contribution in [2.24, 2.45) is 0 Å². The molecule has 0 aromatic heterocycles. The van der Waals surface area contributed by atoms with Gasteiger partial charge in [0.2, 0.25) is 5.78 Å². The van der Waals surface area contributed by atoms with E-state index >= 15 is 0 Å². The molecule has 2 heterocycles. The minimum Gasteiger partial charge on any atom is -0.497 e. The second-order valence-electron chi connectivity index (χ2n) is 9.06. The van der Waals surface area contributed by atoms with Gasteiger partial charge in [0.15, 0.2) is 5.76 Å². The van der Waals surface area contributed by atoms with Crippen LogP contribution in [0.4, 0.5) is 0 Å². The monoisotopic (exact) mass is 485 g/mol. The van der Waals surface area contributed by atoms with Gasteiger partial charge in [0.1, 0.15) is 36.2 Å². The molecule has 5 rings (SSSR count). The van der Waals surface area contributed by atoms with Gasteiger partial charge in [-0.1, -0.05) is 30.7 Å². The molecular formula is C30H31NO5. The second-order valence-corrected chi connectivity index (χ2v) is 9.06. The summed E-state index contributed by atoms with van der Waals surface area (Å²) in [6.07, 6.45) is 5.61. The highest BCUT2D eigenvalue weighted by atomic mass is 16.5. The van der Waals surface area contributed by atoms with Crippen LogP contribution in [0.15, 0.2) is 72.5 Å². The van der Waals surface area contributed by atoms with Crippen molar-refractivity contribution in [3.05, 3.63) is 89.2 Å². The number of hydrogen-bond donors (Lipinski definition) is 0. The zero-order chi connectivity index (χ0) is 24.7. The van der Waals surface area contributed by atoms with Crippen molar-refractivity contribution in [3.8, 4) is 23.0 Å². The van der Waals surface area contributed by atoms with E-state index in [1.54, 1.807) is 25.3 Å². The molecule has 3 aromatic carbocycles. The van der Waals surface area contributed by atoms with E-state index in [0.717, 1.165) is 48.0 Å². The van der Waals surface area contributed by atoms with Crippen molar-refractivity contribution in [2.75, 3.05) is 33.4 Å². The van der Waals surface area contributed by atoms with E-state index in [1.165, 1.54) is 19.3 Å². The molecule has 0 atom stereocenters. The molecule has 0 amide bonds. The Hall–Kier alpha value is -3.77. The van der Waals surface area contributed by atoms with Gasteiger partial charge in [-0.25, -0.2) is 0 Å². The molecule has 2 aliphatic rings. The summed E-state index contributed by atoms with van der Waals surface area (Å²) >= 11 is 0. The minimum absolute atomic E-state index is 0.122. The lowest BCUT2D eigenvalue weighted by molar-refractivity contribution is 0.101. The first kappa shape index (κ1) is 23.9. The summed E-state index contributed by atoms with van der Waals surface area (Å²) in [7, 11) is 1.65. The van der Waals surface area contributed by atoms with E-state index in [9.17, 15) is 4.79 Å². The maximum atomic E-state index is 12.8. The Balaban J connectivity index is 1.17. The molecule has 0 aliphatic carbocycles. The number of likely N-dealkylation sites (tertiary alicyclic amines) is 1. The Bertz CT molecular complexity index is 1230. The number of allylic oxidation sites excluding steroid dienone is 1. The molecule has 186 valence electrons. The van der Waals surface area contributed by atoms with Crippen LogP contribution in [0.3, 0.4) is 0 Å². The number of fused-ring (bicyclic) bond motifs is 1. The van der Waals surface area contributed by atoms with E-state index in [0.29, 0.717) is 30.3 Å². The predicted octanol–water partition coefficient (Wildman–Crippen LogP) is 5.76. The third-order valence-electron chi connectivity index (χ3n) is 6.48. The first-order chi connectivity index (χ1) is 17.7. The maximum absolute atomic E-state index is 12.8. The summed E-state index contributed by atoms with van der Waals surface area (Å²) in [4.78, 5) is 15.3. The lowest BCUT2D eigenvalue weighted by Crippen LogP contribution is -2.33. The summed E-state index contributed by atoms with van der Waals surface area (Å²) < 4.78 is 23.0. The SMILES string of the molecule is COc1cccc(COc2ccc(/C=C3\Oc4cc(OCCN5CCCCC5)ccc4C3=O)cc2)c1. The number of nitrogens with zero attached hydrogens (tertiary/aromatic N) is 1. The third-order valence-corrected chi connectivity index (χ3v) is 6.48. The van der Waals surface area contributed by atoms with Crippen molar-refractivity contribution < 1.29 is 23.7 Å². The van der Waals surface area contributed by atoms with E-state index in [1.807, 2.05) is 54.6 Å². The van der Waals surface area contributed by atoms with Gasteiger partial charge in [0, 0.05) is 12.6 Å². The number of methoxy groups -OCH3 is 1. The Morgan fingerprint density at radius 1 is 0.889 bits per heavy atom. The molecule has 1 fully saturated rings. The predicted molar refractivity (Wildman–Crippen MR) is 139 cm³/mol. The van der Waals surface area contributed by atoms with Crippen LogP contribution in [0.1, 0.15) is 40.7 Å². The maximum Gasteiger partial charge on any atom is 0.231 e. The second kappa shape index (κ2) is 11.3. The van der Waals surface area contributed by atoms with Crippen LogP contribution in [0, 0.1) is 0 Å². The molecule has 0 unspecified atom stereocenters. The fraction of sp³-hybridized carbons (Fsp3) is 0.300. The van der Waals surface area contributed by atoms with Crippen LogP contribution in [0.2, 0.25) is 0 Å². The lowest BCUT2D eigenvalue weighted by Gasteiger charge is -2.26. The molecule has 36 heavy (non-hydrogen) atoms. The van der Waals surface area contributed by atoms with Crippen LogP contribution < -0.4 is 18.9 Å². The highest BCUT2D eigenvalue weighted by Gasteiger charge is 2.27. The summed E-state index contributed by atoms with van der Waals surface area (Å²) in [6, 6.07) is 20.8. The number of carbonyl (C=O) groups excluding carboxylic acids is 1. The van der Waals surface area contributed by atoms with Crippen LogP contribution >= 0.6 is 0 Å². The Morgan fingerprint density at radius 2 is 1.69 bits per heavy atom. The van der Waals surface area contributed by atoms with Crippen LogP contribution in [0.5, 0.6) is 23.0 Å². The molecule has 3 aromatic rings. The normalized spacial score (nSPS) is 16.5. The molecule has 0 saturated carbocycles. The van der Waals surface area contributed by atoms with Crippen molar-refractivity contribution in [1.82, 2.24) is 4.90 Å². The Morgan fingerprint density at radius 3 is 2.50 bits per heavy atom. The van der Waals surface area contributed by atoms with E-state index in [4.69, 9.17) is 18.9 Å². The molecule has 0 bridgehead atoms. The first-order valence-electron chi connectivity index (χ1n) is 12.5. The van der Waals surface area contributed by atoms with Gasteiger partial charge in [-0.2, -0.15) is 0 Å². The van der Waals surface area contributed by atoms with E-state index in [-0.39, 0.29) is 5.78 Å². The molecule has 6 heteroatoms. The van der Waals surface area contributed by atoms with Gasteiger partial charge in [-0.05, 0) is 79.5 Å². The summed E-state index contributed by atoms with van der Waals surface area (Å²) in [5.41, 5.74) is 2.44. The number of ketones is 1. The average Bonchev–Trinajstić information content (AvgIpc) is 3.23. The van der Waals surface area contributed by atoms with Gasteiger partial charge >= 0.3 is 0 Å². The average molecular weight is 486 g/mol. The minimum atomic E-state index is -0.122. The standard InChI is InChI=1S/C30H31NO5/c1-33-25-7-5-6-23(18-25)21-35-24-10-8-22(9-11-24)19-29-30(32)27-13-12-26(20-28(27)36-29)34-17-16-31-14-3-2-4-15-31/h5-13,18-20H,2-4,14-17,21H2,1H3/b29-19-. The lowest BCUT2D eigenvalue weighted by atomic mass is 10.1. The topological polar surface area (TPSA) is 57.2 Å². The number of ether oxygens (including phenoxy) is 4. The van der Waals surface area contributed by atoms with Gasteiger partial charge < -0.3 is 18.9 Å². The van der Waals surface area contributed by atoms with Crippen LogP contribution in [-0.4, -0.2) is 44.0 Å². The van der Waals surface area contributed by atoms with Gasteiger partial charge in [0.05, 0.1) is 12.7 Å². The Kier molecular flexibility index (Phi) is 7.52. The fourth-order valence-corrected chi connectivity index (χ4v) is 4.47.